The topological polar surface area (TPSA) is 97.3 Å². The van der Waals surface area contributed by atoms with Gasteiger partial charge in [0.25, 0.3) is 0 Å². The van der Waals surface area contributed by atoms with E-state index in [4.69, 9.17) is 4.63 Å². The van der Waals surface area contributed by atoms with Gasteiger partial charge in [0, 0.05) is 18.7 Å². The van der Waals surface area contributed by atoms with Gasteiger partial charge in [-0.25, -0.2) is 4.63 Å². The molecule has 0 radical (unpaired) electrons. The Kier molecular flexibility index (Phi) is 2.78. The highest BCUT2D eigenvalue weighted by atomic mass is 16.6. The fourth-order valence-electron chi connectivity index (χ4n) is 3.45. The summed E-state index contributed by atoms with van der Waals surface area (Å²) in [6, 6.07) is 3.51. The summed E-state index contributed by atoms with van der Waals surface area (Å²) in [5.74, 6) is 0.653. The first kappa shape index (κ1) is 12.5. The first-order valence-corrected chi connectivity index (χ1v) is 7.11. The molecule has 0 amide bonds. The number of anilines is 1. The molecule has 1 N–H and O–H groups in total. The zero-order chi connectivity index (χ0) is 14.4. The number of nitrogens with one attached hydrogen (secondary N) is 1. The van der Waals surface area contributed by atoms with Crippen molar-refractivity contribution in [3.63, 3.8) is 0 Å². The van der Waals surface area contributed by atoms with Crippen LogP contribution in [-0.2, 0) is 0 Å². The minimum atomic E-state index is -0.468. The van der Waals surface area contributed by atoms with Crippen molar-refractivity contribution >= 4 is 22.4 Å². The van der Waals surface area contributed by atoms with Gasteiger partial charge in [0.1, 0.15) is 0 Å². The zero-order valence-electron chi connectivity index (χ0n) is 11.4. The second-order valence-electron chi connectivity index (χ2n) is 5.74. The van der Waals surface area contributed by atoms with Crippen LogP contribution in [0.2, 0.25) is 0 Å². The predicted molar refractivity (Wildman–Crippen MR) is 75.0 cm³/mol. The van der Waals surface area contributed by atoms with Crippen LogP contribution in [0.25, 0.3) is 11.0 Å². The average molecular weight is 289 g/mol. The maximum Gasteiger partial charge on any atom is 0.300 e. The molecule has 5 rings (SSSR count). The van der Waals surface area contributed by atoms with E-state index < -0.39 is 4.92 Å². The third-order valence-corrected chi connectivity index (χ3v) is 4.59. The Hall–Kier alpha value is -2.22. The third kappa shape index (κ3) is 2.02. The Balaban J connectivity index is 1.67. The summed E-state index contributed by atoms with van der Waals surface area (Å²) in [7, 11) is 0. The van der Waals surface area contributed by atoms with Crippen molar-refractivity contribution in [1.29, 1.82) is 0 Å². The number of fused-ring (bicyclic) bond motifs is 4. The van der Waals surface area contributed by atoms with Crippen molar-refractivity contribution < 1.29 is 9.55 Å². The van der Waals surface area contributed by atoms with Gasteiger partial charge in [-0.3, -0.25) is 10.1 Å². The number of benzene rings is 1. The molecule has 3 saturated heterocycles. The number of non-ortho nitro benzene ring substituents is 1. The van der Waals surface area contributed by atoms with E-state index in [-0.39, 0.29) is 11.2 Å². The second-order valence-corrected chi connectivity index (χ2v) is 5.74. The lowest BCUT2D eigenvalue weighted by Gasteiger charge is -2.45. The van der Waals surface area contributed by atoms with Crippen LogP contribution in [0.5, 0.6) is 0 Å². The minimum Gasteiger partial charge on any atom is -0.379 e. The van der Waals surface area contributed by atoms with E-state index in [9.17, 15) is 10.1 Å². The van der Waals surface area contributed by atoms with Crippen LogP contribution < -0.4 is 5.32 Å². The van der Waals surface area contributed by atoms with Gasteiger partial charge >= 0.3 is 5.69 Å². The van der Waals surface area contributed by atoms with Crippen molar-refractivity contribution in [2.24, 2.45) is 5.92 Å². The number of nitro benzene ring substituents is 1. The molecule has 8 nitrogen and oxygen atoms in total. The molecule has 2 aromatic rings. The molecule has 0 saturated carbocycles. The summed E-state index contributed by atoms with van der Waals surface area (Å²) in [6.45, 7) is 3.35. The van der Waals surface area contributed by atoms with Crippen molar-refractivity contribution in [1.82, 2.24) is 15.2 Å². The Morgan fingerprint density at radius 1 is 1.29 bits per heavy atom. The lowest BCUT2D eigenvalue weighted by molar-refractivity contribution is -0.383. The molecule has 8 heteroatoms. The lowest BCUT2D eigenvalue weighted by Crippen LogP contribution is -2.53. The van der Waals surface area contributed by atoms with Crippen molar-refractivity contribution in [2.45, 2.75) is 18.9 Å². The zero-order valence-corrected chi connectivity index (χ0v) is 11.4. The first-order chi connectivity index (χ1) is 10.2. The summed E-state index contributed by atoms with van der Waals surface area (Å²) in [5, 5.41) is 22.0. The summed E-state index contributed by atoms with van der Waals surface area (Å²) >= 11 is 0. The van der Waals surface area contributed by atoms with E-state index in [1.807, 2.05) is 0 Å². The van der Waals surface area contributed by atoms with E-state index >= 15 is 0 Å². The van der Waals surface area contributed by atoms with Gasteiger partial charge in [0.05, 0.1) is 10.6 Å². The maximum absolute atomic E-state index is 11.0. The van der Waals surface area contributed by atoms with Gasteiger partial charge in [-0.05, 0) is 48.2 Å². The number of nitrogens with zero attached hydrogens (tertiary/aromatic N) is 4. The van der Waals surface area contributed by atoms with Crippen LogP contribution in [0.15, 0.2) is 16.8 Å². The highest BCUT2D eigenvalue weighted by Crippen LogP contribution is 2.33. The van der Waals surface area contributed by atoms with Gasteiger partial charge in [0.15, 0.2) is 5.52 Å². The summed E-state index contributed by atoms with van der Waals surface area (Å²) in [5.41, 5.74) is 1.31. The fraction of sp³-hybridized carbons (Fsp3) is 0.538. The van der Waals surface area contributed by atoms with Crippen LogP contribution in [0, 0.1) is 16.0 Å². The average Bonchev–Trinajstić information content (AvgIpc) is 2.98. The fourth-order valence-corrected chi connectivity index (χ4v) is 3.45. The SMILES string of the molecule is O=[N+]([O-])c1ccc(NC2CN3CCC2CC3)c2nonc12. The molecule has 1 aromatic heterocycles. The second kappa shape index (κ2) is 4.66. The molecule has 4 heterocycles. The highest BCUT2D eigenvalue weighted by Gasteiger charge is 2.34. The molecule has 1 atom stereocenters. The first-order valence-electron chi connectivity index (χ1n) is 7.11. The molecule has 110 valence electrons. The number of hydrogen-bond donors (Lipinski definition) is 1. The van der Waals surface area contributed by atoms with E-state index in [1.54, 1.807) is 6.07 Å². The van der Waals surface area contributed by atoms with Crippen LogP contribution >= 0.6 is 0 Å². The maximum atomic E-state index is 11.0. The Morgan fingerprint density at radius 3 is 2.71 bits per heavy atom. The van der Waals surface area contributed by atoms with Crippen molar-refractivity contribution in [3.05, 3.63) is 22.2 Å². The molecule has 2 bridgehead atoms. The van der Waals surface area contributed by atoms with Gasteiger partial charge in [-0.1, -0.05) is 0 Å². The number of rotatable bonds is 3. The molecule has 1 aromatic carbocycles. The smallest absolute Gasteiger partial charge is 0.300 e. The number of hydrogen-bond acceptors (Lipinski definition) is 7. The number of piperidine rings is 3. The summed E-state index contributed by atoms with van der Waals surface area (Å²) < 4.78 is 4.69. The molecule has 0 spiro atoms. The number of aromatic nitrogens is 2. The van der Waals surface area contributed by atoms with Crippen LogP contribution in [0.1, 0.15) is 12.8 Å². The molecule has 3 aliphatic heterocycles. The minimum absolute atomic E-state index is 0.0780. The van der Waals surface area contributed by atoms with Crippen molar-refractivity contribution in [2.75, 3.05) is 25.0 Å². The van der Waals surface area contributed by atoms with Crippen LogP contribution in [0.4, 0.5) is 11.4 Å². The molecule has 21 heavy (non-hydrogen) atoms. The van der Waals surface area contributed by atoms with Crippen LogP contribution in [0.3, 0.4) is 0 Å². The Bertz CT molecular complexity index is 692. The Morgan fingerprint density at radius 2 is 2.05 bits per heavy atom. The monoisotopic (exact) mass is 289 g/mol. The van der Waals surface area contributed by atoms with Gasteiger partial charge in [-0.15, -0.1) is 0 Å². The predicted octanol–water partition coefficient (Wildman–Crippen LogP) is 1.64. The highest BCUT2D eigenvalue weighted by molar-refractivity contribution is 5.93. The lowest BCUT2D eigenvalue weighted by atomic mass is 9.84. The van der Waals surface area contributed by atoms with E-state index in [0.717, 1.165) is 12.2 Å². The summed E-state index contributed by atoms with van der Waals surface area (Å²) in [4.78, 5) is 13.0. The molecular weight excluding hydrogens is 274 g/mol. The van der Waals surface area contributed by atoms with Crippen molar-refractivity contribution in [3.8, 4) is 0 Å². The normalized spacial score (nSPS) is 27.9. The molecule has 3 aliphatic rings. The number of nitro groups is 1. The molecule has 0 aliphatic carbocycles. The summed E-state index contributed by atoms with van der Waals surface area (Å²) in [6.07, 6.45) is 2.40. The van der Waals surface area contributed by atoms with Crippen LogP contribution in [-0.4, -0.2) is 45.8 Å². The van der Waals surface area contributed by atoms with Gasteiger partial charge in [-0.2, -0.15) is 0 Å². The van der Waals surface area contributed by atoms with Gasteiger partial charge in [0.2, 0.25) is 5.52 Å². The quantitative estimate of drug-likeness (QED) is 0.677. The molecule has 3 fully saturated rings. The standard InChI is InChI=1S/C13H15N5O3/c19-18(20)11-2-1-9(12-13(11)16-21-15-12)14-10-7-17-5-3-8(10)4-6-17/h1-2,8,10,14H,3-7H2. The van der Waals surface area contributed by atoms with E-state index in [1.165, 1.54) is 32.0 Å². The Labute approximate surface area is 120 Å². The van der Waals surface area contributed by atoms with E-state index in [0.29, 0.717) is 17.5 Å². The largest absolute Gasteiger partial charge is 0.379 e. The molecule has 1 unspecified atom stereocenters. The van der Waals surface area contributed by atoms with E-state index in [2.05, 4.69) is 20.5 Å². The third-order valence-electron chi connectivity index (χ3n) is 4.59. The van der Waals surface area contributed by atoms with Gasteiger partial charge < -0.3 is 10.2 Å². The molecular formula is C13H15N5O3.